The van der Waals surface area contributed by atoms with Crippen molar-refractivity contribution < 1.29 is 24.2 Å². The fraction of sp³-hybridized carbons (Fsp3) is 0.769. The Balaban J connectivity index is 2.46. The van der Waals surface area contributed by atoms with Gasteiger partial charge in [-0.2, -0.15) is 0 Å². The van der Waals surface area contributed by atoms with Crippen LogP contribution in [0.1, 0.15) is 44.9 Å². The molecule has 1 amide bonds. The van der Waals surface area contributed by atoms with E-state index in [4.69, 9.17) is 10.8 Å². The molecule has 1 fully saturated rings. The molecule has 0 aliphatic heterocycles. The van der Waals surface area contributed by atoms with E-state index in [1.165, 1.54) is 7.11 Å². The van der Waals surface area contributed by atoms with Gasteiger partial charge < -0.3 is 20.9 Å². The zero-order valence-corrected chi connectivity index (χ0v) is 11.7. The van der Waals surface area contributed by atoms with Gasteiger partial charge in [-0.15, -0.1) is 0 Å². The quantitative estimate of drug-likeness (QED) is 0.574. The zero-order chi connectivity index (χ0) is 15.2. The van der Waals surface area contributed by atoms with Crippen molar-refractivity contribution in [1.29, 1.82) is 0 Å². The van der Waals surface area contributed by atoms with E-state index < -0.39 is 23.5 Å². The van der Waals surface area contributed by atoms with Crippen molar-refractivity contribution in [3.8, 4) is 0 Å². The molecule has 0 radical (unpaired) electrons. The van der Waals surface area contributed by atoms with Gasteiger partial charge in [0.05, 0.1) is 7.11 Å². The Labute approximate surface area is 117 Å². The summed E-state index contributed by atoms with van der Waals surface area (Å²) >= 11 is 0. The van der Waals surface area contributed by atoms with E-state index in [0.717, 1.165) is 25.7 Å². The van der Waals surface area contributed by atoms with Crippen LogP contribution in [0.2, 0.25) is 0 Å². The monoisotopic (exact) mass is 286 g/mol. The molecule has 0 heterocycles. The fourth-order valence-electron chi connectivity index (χ4n) is 2.44. The molecule has 0 aromatic carbocycles. The highest BCUT2D eigenvalue weighted by molar-refractivity contribution is 5.84. The molecule has 0 bridgehead atoms. The summed E-state index contributed by atoms with van der Waals surface area (Å²) in [7, 11) is 1.23. The second-order valence-corrected chi connectivity index (χ2v) is 5.32. The fourth-order valence-corrected chi connectivity index (χ4v) is 2.44. The number of carboxylic acids is 1. The number of amides is 1. The second-order valence-electron chi connectivity index (χ2n) is 5.32. The highest BCUT2D eigenvalue weighted by Crippen LogP contribution is 2.29. The summed E-state index contributed by atoms with van der Waals surface area (Å²) < 4.78 is 4.44. The minimum atomic E-state index is -1.17. The third-order valence-electron chi connectivity index (χ3n) is 3.61. The Hall–Kier alpha value is -1.63. The van der Waals surface area contributed by atoms with E-state index in [1.807, 2.05) is 0 Å². The number of nitrogens with two attached hydrogens (primary N) is 1. The van der Waals surface area contributed by atoms with Crippen LogP contribution in [0.3, 0.4) is 0 Å². The summed E-state index contributed by atoms with van der Waals surface area (Å²) in [5.41, 5.74) is 5.55. The lowest BCUT2D eigenvalue weighted by atomic mass is 9.94. The van der Waals surface area contributed by atoms with E-state index in [0.29, 0.717) is 0 Å². The maximum Gasteiger partial charge on any atom is 0.326 e. The lowest BCUT2D eigenvalue weighted by Crippen LogP contribution is -2.47. The smallest absolute Gasteiger partial charge is 0.326 e. The molecule has 1 rings (SSSR count). The molecule has 0 aromatic heterocycles. The number of ether oxygens (including phenoxy) is 1. The van der Waals surface area contributed by atoms with E-state index in [2.05, 4.69) is 10.1 Å². The van der Waals surface area contributed by atoms with Crippen molar-refractivity contribution in [1.82, 2.24) is 5.32 Å². The van der Waals surface area contributed by atoms with Crippen molar-refractivity contribution in [3.63, 3.8) is 0 Å². The average molecular weight is 286 g/mol. The lowest BCUT2D eigenvalue weighted by Gasteiger charge is -2.23. The predicted octanol–water partition coefficient (Wildman–Crippen LogP) is 0.171. The Kier molecular flexibility index (Phi) is 5.94. The molecular weight excluding hydrogens is 264 g/mol. The number of nitrogens with one attached hydrogen (secondary N) is 1. The second kappa shape index (κ2) is 7.23. The normalized spacial score (nSPS) is 18.3. The molecular formula is C13H22N2O5. The van der Waals surface area contributed by atoms with Gasteiger partial charge in [0.1, 0.15) is 6.04 Å². The Morgan fingerprint density at radius 1 is 1.35 bits per heavy atom. The maximum absolute atomic E-state index is 11.9. The van der Waals surface area contributed by atoms with Gasteiger partial charge in [-0.1, -0.05) is 12.8 Å². The largest absolute Gasteiger partial charge is 0.480 e. The van der Waals surface area contributed by atoms with Crippen molar-refractivity contribution in [2.24, 2.45) is 5.73 Å². The van der Waals surface area contributed by atoms with Crippen LogP contribution in [0.5, 0.6) is 0 Å². The number of rotatable bonds is 7. The van der Waals surface area contributed by atoms with Gasteiger partial charge in [0.2, 0.25) is 5.91 Å². The topological polar surface area (TPSA) is 119 Å². The van der Waals surface area contributed by atoms with Gasteiger partial charge in [-0.3, -0.25) is 9.59 Å². The van der Waals surface area contributed by atoms with Crippen LogP contribution in [0.4, 0.5) is 0 Å². The molecule has 7 heteroatoms. The first-order chi connectivity index (χ1) is 9.36. The van der Waals surface area contributed by atoms with Gasteiger partial charge in [0.25, 0.3) is 0 Å². The van der Waals surface area contributed by atoms with Crippen LogP contribution in [-0.2, 0) is 19.1 Å². The average Bonchev–Trinajstić information content (AvgIpc) is 2.79. The number of carbonyl (C=O) groups is 3. The molecule has 1 aliphatic carbocycles. The molecule has 0 saturated heterocycles. The highest BCUT2D eigenvalue weighted by atomic mass is 16.5. The van der Waals surface area contributed by atoms with Gasteiger partial charge in [0, 0.05) is 18.4 Å². The van der Waals surface area contributed by atoms with Crippen LogP contribution >= 0.6 is 0 Å². The van der Waals surface area contributed by atoms with Gasteiger partial charge in [-0.25, -0.2) is 4.79 Å². The van der Waals surface area contributed by atoms with E-state index in [9.17, 15) is 14.4 Å². The number of aliphatic carboxylic acids is 1. The number of carboxylic acid groups (broad SMARTS) is 1. The Bertz CT molecular complexity index is 377. The summed E-state index contributed by atoms with van der Waals surface area (Å²) in [4.78, 5) is 33.9. The van der Waals surface area contributed by atoms with Crippen molar-refractivity contribution >= 4 is 17.8 Å². The molecule has 0 spiro atoms. The molecule has 0 unspecified atom stereocenters. The van der Waals surface area contributed by atoms with Gasteiger partial charge in [0.15, 0.2) is 0 Å². The molecule has 1 atom stereocenters. The van der Waals surface area contributed by atoms with Crippen molar-refractivity contribution in [3.05, 3.63) is 0 Å². The van der Waals surface area contributed by atoms with Crippen LogP contribution in [0.15, 0.2) is 0 Å². The van der Waals surface area contributed by atoms with Crippen molar-refractivity contribution in [2.75, 3.05) is 7.11 Å². The maximum atomic E-state index is 11.9. The minimum absolute atomic E-state index is 0.00528. The molecule has 0 aromatic rings. The molecule has 114 valence electrons. The lowest BCUT2D eigenvalue weighted by molar-refractivity contribution is -0.144. The van der Waals surface area contributed by atoms with Gasteiger partial charge >= 0.3 is 11.9 Å². The van der Waals surface area contributed by atoms with Crippen molar-refractivity contribution in [2.45, 2.75) is 56.5 Å². The summed E-state index contributed by atoms with van der Waals surface area (Å²) in [5.74, 6) is -2.05. The Morgan fingerprint density at radius 3 is 2.45 bits per heavy atom. The third kappa shape index (κ3) is 5.16. The molecule has 1 saturated carbocycles. The molecule has 1 aliphatic rings. The minimum Gasteiger partial charge on any atom is -0.480 e. The summed E-state index contributed by atoms with van der Waals surface area (Å²) in [6.45, 7) is 0. The first kappa shape index (κ1) is 16.4. The third-order valence-corrected chi connectivity index (χ3v) is 3.61. The summed E-state index contributed by atoms with van der Waals surface area (Å²) in [6, 6.07) is -1.09. The first-order valence-electron chi connectivity index (χ1n) is 6.74. The summed E-state index contributed by atoms with van der Waals surface area (Å²) in [5, 5.41) is 11.5. The number of methoxy groups -OCH3 is 1. The van der Waals surface area contributed by atoms with Crippen LogP contribution in [-0.4, -0.2) is 41.6 Å². The van der Waals surface area contributed by atoms with Crippen LogP contribution in [0, 0.1) is 0 Å². The molecule has 20 heavy (non-hydrogen) atoms. The highest BCUT2D eigenvalue weighted by Gasteiger charge is 2.33. The SMILES string of the molecule is COC(=O)CC[C@@H](NC(=O)CC1(N)CCCC1)C(=O)O. The number of hydrogen-bond donors (Lipinski definition) is 3. The zero-order valence-electron chi connectivity index (χ0n) is 11.7. The standard InChI is InChI=1S/C13H22N2O5/c1-20-11(17)5-4-9(12(18)19)15-10(16)8-13(14)6-2-3-7-13/h9H,2-8,14H2,1H3,(H,15,16)(H,18,19)/t9-/m1/s1. The molecule has 7 nitrogen and oxygen atoms in total. The number of esters is 1. The van der Waals surface area contributed by atoms with Crippen LogP contribution < -0.4 is 11.1 Å². The predicted molar refractivity (Wildman–Crippen MR) is 70.8 cm³/mol. The van der Waals surface area contributed by atoms with E-state index in [1.54, 1.807) is 0 Å². The number of carbonyl (C=O) groups excluding carboxylic acids is 2. The van der Waals surface area contributed by atoms with E-state index in [-0.39, 0.29) is 25.2 Å². The van der Waals surface area contributed by atoms with E-state index >= 15 is 0 Å². The summed E-state index contributed by atoms with van der Waals surface area (Å²) in [6.07, 6.45) is 3.62. The first-order valence-corrected chi connectivity index (χ1v) is 6.74. The Morgan fingerprint density at radius 2 is 1.95 bits per heavy atom. The number of hydrogen-bond acceptors (Lipinski definition) is 5. The van der Waals surface area contributed by atoms with Crippen LogP contribution in [0.25, 0.3) is 0 Å². The van der Waals surface area contributed by atoms with Gasteiger partial charge in [-0.05, 0) is 19.3 Å². The molecule has 4 N–H and O–H groups in total.